The fourth-order valence-electron chi connectivity index (χ4n) is 3.92. The third-order valence-electron chi connectivity index (χ3n) is 5.49. The predicted octanol–water partition coefficient (Wildman–Crippen LogP) is 3.28. The van der Waals surface area contributed by atoms with Crippen LogP contribution in [0.25, 0.3) is 0 Å². The molecule has 2 aliphatic rings. The standard InChI is InChI=1S/C18H27ClN2O3S/c1-24-18-7-6-16(12-17(18)19)25(22,23)20-13-14-8-10-21(11-9-14)15-4-2-3-5-15/h6-7,12,14-15,20H,2-5,8-11,13H2,1H3. The van der Waals surface area contributed by atoms with Crippen LogP contribution >= 0.6 is 11.6 Å². The lowest BCUT2D eigenvalue weighted by atomic mass is 9.96. The maximum atomic E-state index is 12.5. The quantitative estimate of drug-likeness (QED) is 0.815. The maximum absolute atomic E-state index is 12.5. The van der Waals surface area contributed by atoms with Gasteiger partial charge in [0.2, 0.25) is 10.0 Å². The summed E-state index contributed by atoms with van der Waals surface area (Å²) in [6.07, 6.45) is 7.49. The lowest BCUT2D eigenvalue weighted by Crippen LogP contribution is -2.42. The lowest BCUT2D eigenvalue weighted by Gasteiger charge is -2.36. The maximum Gasteiger partial charge on any atom is 0.240 e. The highest BCUT2D eigenvalue weighted by Crippen LogP contribution is 2.29. The minimum absolute atomic E-state index is 0.182. The van der Waals surface area contributed by atoms with Gasteiger partial charge < -0.3 is 9.64 Å². The van der Waals surface area contributed by atoms with Crippen molar-refractivity contribution in [2.24, 2.45) is 5.92 Å². The van der Waals surface area contributed by atoms with Crippen LogP contribution in [0.5, 0.6) is 5.75 Å². The van der Waals surface area contributed by atoms with E-state index in [9.17, 15) is 8.42 Å². The van der Waals surface area contributed by atoms with Gasteiger partial charge in [0.05, 0.1) is 17.0 Å². The van der Waals surface area contributed by atoms with Crippen LogP contribution in [0.15, 0.2) is 23.1 Å². The molecule has 1 aromatic rings. The number of piperidine rings is 1. The molecule has 0 bridgehead atoms. The van der Waals surface area contributed by atoms with Gasteiger partial charge >= 0.3 is 0 Å². The van der Waals surface area contributed by atoms with Gasteiger partial charge in [-0.15, -0.1) is 0 Å². The van der Waals surface area contributed by atoms with Gasteiger partial charge in [0.25, 0.3) is 0 Å². The first-order chi connectivity index (χ1) is 12.0. The number of hydrogen-bond donors (Lipinski definition) is 1. The van der Waals surface area contributed by atoms with Crippen molar-refractivity contribution in [1.29, 1.82) is 0 Å². The zero-order valence-corrected chi connectivity index (χ0v) is 16.3. The van der Waals surface area contributed by atoms with E-state index in [0.717, 1.165) is 32.0 Å². The highest BCUT2D eigenvalue weighted by Gasteiger charge is 2.27. The number of nitrogens with zero attached hydrogens (tertiary/aromatic N) is 1. The highest BCUT2D eigenvalue weighted by molar-refractivity contribution is 7.89. The van der Waals surface area contributed by atoms with E-state index in [-0.39, 0.29) is 4.90 Å². The monoisotopic (exact) mass is 386 g/mol. The first-order valence-corrected chi connectivity index (χ1v) is 10.9. The molecule has 0 amide bonds. The third-order valence-corrected chi connectivity index (χ3v) is 7.20. The molecule has 1 aliphatic heterocycles. The van der Waals surface area contributed by atoms with Crippen LogP contribution in [-0.2, 0) is 10.0 Å². The van der Waals surface area contributed by atoms with Gasteiger partial charge in [-0.1, -0.05) is 24.4 Å². The smallest absolute Gasteiger partial charge is 0.240 e. The van der Waals surface area contributed by atoms with Gasteiger partial charge in [0, 0.05) is 12.6 Å². The SMILES string of the molecule is COc1ccc(S(=O)(=O)NCC2CCN(C3CCCC3)CC2)cc1Cl. The molecule has 0 atom stereocenters. The van der Waals surface area contributed by atoms with Crippen molar-refractivity contribution in [2.75, 3.05) is 26.7 Å². The zero-order chi connectivity index (χ0) is 17.9. The van der Waals surface area contributed by atoms with Crippen LogP contribution in [0, 0.1) is 5.92 Å². The molecule has 1 saturated carbocycles. The number of nitrogens with one attached hydrogen (secondary N) is 1. The minimum Gasteiger partial charge on any atom is -0.495 e. The fraction of sp³-hybridized carbons (Fsp3) is 0.667. The Balaban J connectivity index is 1.52. The highest BCUT2D eigenvalue weighted by atomic mass is 35.5. The molecule has 0 unspecified atom stereocenters. The third kappa shape index (κ3) is 4.67. The Morgan fingerprint density at radius 2 is 1.88 bits per heavy atom. The predicted molar refractivity (Wildman–Crippen MR) is 99.7 cm³/mol. The molecule has 1 heterocycles. The Kier molecular flexibility index (Phi) is 6.25. The lowest BCUT2D eigenvalue weighted by molar-refractivity contribution is 0.135. The summed E-state index contributed by atoms with van der Waals surface area (Å²) >= 11 is 6.04. The Hall–Kier alpha value is -0.820. The van der Waals surface area contributed by atoms with Gasteiger partial charge in [-0.3, -0.25) is 0 Å². The average molecular weight is 387 g/mol. The number of sulfonamides is 1. The molecule has 1 aliphatic carbocycles. The van der Waals surface area contributed by atoms with Gasteiger partial charge in [-0.25, -0.2) is 13.1 Å². The number of benzene rings is 1. The number of ether oxygens (including phenoxy) is 1. The van der Waals surface area contributed by atoms with Crippen LogP contribution in [0.3, 0.4) is 0 Å². The largest absolute Gasteiger partial charge is 0.495 e. The molecule has 1 aromatic carbocycles. The molecule has 7 heteroatoms. The number of likely N-dealkylation sites (tertiary alicyclic amines) is 1. The van der Waals surface area contributed by atoms with Gasteiger partial charge in [-0.05, 0) is 62.9 Å². The number of methoxy groups -OCH3 is 1. The molecule has 5 nitrogen and oxygen atoms in total. The van der Waals surface area contributed by atoms with E-state index in [4.69, 9.17) is 16.3 Å². The Bertz CT molecular complexity index is 682. The van der Waals surface area contributed by atoms with Crippen molar-refractivity contribution in [3.63, 3.8) is 0 Å². The van der Waals surface area contributed by atoms with E-state index in [0.29, 0.717) is 23.2 Å². The summed E-state index contributed by atoms with van der Waals surface area (Å²) < 4.78 is 32.8. The Labute approximate surface area is 155 Å². The van der Waals surface area contributed by atoms with Crippen molar-refractivity contribution < 1.29 is 13.2 Å². The summed E-state index contributed by atoms with van der Waals surface area (Å²) in [5.74, 6) is 0.876. The van der Waals surface area contributed by atoms with Crippen LogP contribution in [-0.4, -0.2) is 46.1 Å². The van der Waals surface area contributed by atoms with Gasteiger partial charge in [0.15, 0.2) is 0 Å². The fourth-order valence-corrected chi connectivity index (χ4v) is 5.38. The van der Waals surface area contributed by atoms with Crippen LogP contribution in [0.2, 0.25) is 5.02 Å². The molecule has 1 N–H and O–H groups in total. The Morgan fingerprint density at radius 3 is 2.48 bits per heavy atom. The molecule has 25 heavy (non-hydrogen) atoms. The topological polar surface area (TPSA) is 58.6 Å². The second-order valence-corrected chi connectivity index (χ2v) is 9.24. The molecular formula is C18H27ClN2O3S. The van der Waals surface area contributed by atoms with E-state index in [1.54, 1.807) is 6.07 Å². The molecule has 2 fully saturated rings. The molecule has 0 aromatic heterocycles. The summed E-state index contributed by atoms with van der Waals surface area (Å²) in [5.41, 5.74) is 0. The van der Waals surface area contributed by atoms with Gasteiger partial charge in [0.1, 0.15) is 5.75 Å². The average Bonchev–Trinajstić information content (AvgIpc) is 3.15. The van der Waals surface area contributed by atoms with E-state index < -0.39 is 10.0 Å². The summed E-state index contributed by atoms with van der Waals surface area (Å²) in [6.45, 7) is 2.67. The molecule has 3 rings (SSSR count). The van der Waals surface area contributed by atoms with Crippen molar-refractivity contribution in [3.05, 3.63) is 23.2 Å². The Morgan fingerprint density at radius 1 is 1.20 bits per heavy atom. The van der Waals surface area contributed by atoms with Crippen LogP contribution in [0.4, 0.5) is 0 Å². The molecule has 1 saturated heterocycles. The van der Waals surface area contributed by atoms with E-state index in [2.05, 4.69) is 9.62 Å². The molecule has 140 valence electrons. The summed E-state index contributed by atoms with van der Waals surface area (Å²) in [5, 5.41) is 0.301. The first kappa shape index (κ1) is 19.0. The second-order valence-electron chi connectivity index (χ2n) is 7.07. The number of halogens is 1. The van der Waals surface area contributed by atoms with E-state index in [1.165, 1.54) is 44.9 Å². The molecule has 0 spiro atoms. The first-order valence-electron chi connectivity index (χ1n) is 9.07. The van der Waals surface area contributed by atoms with Crippen molar-refractivity contribution in [3.8, 4) is 5.75 Å². The summed E-state index contributed by atoms with van der Waals surface area (Å²) in [4.78, 5) is 2.78. The van der Waals surface area contributed by atoms with Crippen molar-refractivity contribution in [1.82, 2.24) is 9.62 Å². The second kappa shape index (κ2) is 8.25. The summed E-state index contributed by atoms with van der Waals surface area (Å²) in [7, 11) is -2.03. The van der Waals surface area contributed by atoms with Crippen LogP contribution in [0.1, 0.15) is 38.5 Å². The number of hydrogen-bond acceptors (Lipinski definition) is 4. The minimum atomic E-state index is -3.54. The van der Waals surface area contributed by atoms with Crippen LogP contribution < -0.4 is 9.46 Å². The normalized spacial score (nSPS) is 20.9. The molecule has 0 radical (unpaired) electrons. The van der Waals surface area contributed by atoms with Crippen molar-refractivity contribution >= 4 is 21.6 Å². The van der Waals surface area contributed by atoms with E-state index in [1.807, 2.05) is 0 Å². The zero-order valence-electron chi connectivity index (χ0n) is 14.7. The van der Waals surface area contributed by atoms with E-state index >= 15 is 0 Å². The van der Waals surface area contributed by atoms with Crippen molar-refractivity contribution in [2.45, 2.75) is 49.5 Å². The molecular weight excluding hydrogens is 360 g/mol. The number of rotatable bonds is 6. The summed E-state index contributed by atoms with van der Waals surface area (Å²) in [6, 6.07) is 5.30. The van der Waals surface area contributed by atoms with Gasteiger partial charge in [-0.2, -0.15) is 0 Å².